The molecule has 0 unspecified atom stereocenters. The van der Waals surface area contributed by atoms with Crippen molar-refractivity contribution in [3.63, 3.8) is 0 Å². The van der Waals surface area contributed by atoms with Gasteiger partial charge in [-0.25, -0.2) is 8.42 Å². The van der Waals surface area contributed by atoms with E-state index in [0.29, 0.717) is 31.7 Å². The number of aryl methyl sites for hydroxylation is 1. The van der Waals surface area contributed by atoms with Crippen LogP contribution in [0.3, 0.4) is 0 Å². The second-order valence-corrected chi connectivity index (χ2v) is 8.04. The Morgan fingerprint density at radius 3 is 2.24 bits per heavy atom. The minimum absolute atomic E-state index is 0.0967. The van der Waals surface area contributed by atoms with Gasteiger partial charge in [0.25, 0.3) is 0 Å². The van der Waals surface area contributed by atoms with Gasteiger partial charge in [-0.2, -0.15) is 0 Å². The van der Waals surface area contributed by atoms with Crippen molar-refractivity contribution < 1.29 is 18.3 Å². The molecule has 1 N–H and O–H groups in total. The van der Waals surface area contributed by atoms with Crippen molar-refractivity contribution in [3.8, 4) is 0 Å². The lowest BCUT2D eigenvalue weighted by Crippen LogP contribution is -2.36. The van der Waals surface area contributed by atoms with Crippen LogP contribution in [0.2, 0.25) is 0 Å². The highest BCUT2D eigenvalue weighted by atomic mass is 32.2. The maximum absolute atomic E-state index is 12.6. The summed E-state index contributed by atoms with van der Waals surface area (Å²) in [4.78, 5) is 13.1. The minimum atomic E-state index is -3.69. The molecule has 0 spiro atoms. The van der Waals surface area contributed by atoms with Crippen molar-refractivity contribution in [3.05, 3.63) is 42.0 Å². The first-order chi connectivity index (χ1) is 11.9. The van der Waals surface area contributed by atoms with Crippen molar-refractivity contribution >= 4 is 21.6 Å². The van der Waals surface area contributed by atoms with Gasteiger partial charge in [-0.05, 0) is 44.0 Å². The fraction of sp³-hybridized carbons (Fsp3) is 0.353. The van der Waals surface area contributed by atoms with E-state index in [2.05, 4.69) is 10.2 Å². The molecule has 1 fully saturated rings. The summed E-state index contributed by atoms with van der Waals surface area (Å²) in [6.07, 6.45) is 1.08. The number of rotatable bonds is 4. The highest BCUT2D eigenvalue weighted by Gasteiger charge is 2.26. The molecule has 132 valence electrons. The van der Waals surface area contributed by atoms with Crippen LogP contribution in [-0.2, 0) is 14.6 Å². The zero-order valence-electron chi connectivity index (χ0n) is 13.8. The quantitative estimate of drug-likeness (QED) is 0.888. The first-order valence-corrected chi connectivity index (χ1v) is 9.49. The van der Waals surface area contributed by atoms with E-state index in [9.17, 15) is 13.2 Å². The topological polar surface area (TPSA) is 100 Å². The van der Waals surface area contributed by atoms with Crippen molar-refractivity contribution in [2.75, 3.05) is 18.0 Å². The molecule has 1 aromatic carbocycles. The molecule has 0 saturated carbocycles. The van der Waals surface area contributed by atoms with E-state index in [1.165, 1.54) is 6.07 Å². The first-order valence-electron chi connectivity index (χ1n) is 8.01. The number of carboxylic acid groups (broad SMARTS) is 1. The highest BCUT2D eigenvalue weighted by Crippen LogP contribution is 2.24. The van der Waals surface area contributed by atoms with Gasteiger partial charge in [0.2, 0.25) is 9.84 Å². The summed E-state index contributed by atoms with van der Waals surface area (Å²) in [6, 6.07) is 9.65. The molecule has 2 aromatic rings. The van der Waals surface area contributed by atoms with Gasteiger partial charge in [0.15, 0.2) is 10.8 Å². The van der Waals surface area contributed by atoms with Crippen LogP contribution in [-0.4, -0.2) is 42.8 Å². The number of nitrogens with zero attached hydrogens (tertiary/aromatic N) is 3. The summed E-state index contributed by atoms with van der Waals surface area (Å²) < 4.78 is 25.1. The van der Waals surface area contributed by atoms with Gasteiger partial charge in [0, 0.05) is 13.1 Å². The lowest BCUT2D eigenvalue weighted by atomic mass is 9.97. The zero-order valence-corrected chi connectivity index (χ0v) is 14.6. The van der Waals surface area contributed by atoms with E-state index in [0.717, 1.165) is 5.56 Å². The number of benzene rings is 1. The summed E-state index contributed by atoms with van der Waals surface area (Å²) in [7, 11) is -3.69. The van der Waals surface area contributed by atoms with Gasteiger partial charge in [0.05, 0.1) is 10.8 Å². The fourth-order valence-electron chi connectivity index (χ4n) is 2.82. The van der Waals surface area contributed by atoms with Crippen molar-refractivity contribution in [2.45, 2.75) is 29.7 Å². The van der Waals surface area contributed by atoms with Gasteiger partial charge in [-0.1, -0.05) is 17.7 Å². The number of carbonyl (C=O) groups is 1. The van der Waals surface area contributed by atoms with Gasteiger partial charge < -0.3 is 10.0 Å². The molecule has 1 saturated heterocycles. The second-order valence-electron chi connectivity index (χ2n) is 6.15. The molecule has 1 aromatic heterocycles. The number of hydrogen-bond acceptors (Lipinski definition) is 6. The number of anilines is 1. The van der Waals surface area contributed by atoms with Crippen LogP contribution in [0.5, 0.6) is 0 Å². The minimum Gasteiger partial charge on any atom is -0.481 e. The summed E-state index contributed by atoms with van der Waals surface area (Å²) in [5.74, 6) is -0.539. The Bertz CT molecular complexity index is 856. The van der Waals surface area contributed by atoms with Crippen molar-refractivity contribution in [1.82, 2.24) is 10.2 Å². The summed E-state index contributed by atoms with van der Waals surface area (Å²) >= 11 is 0. The first kappa shape index (κ1) is 17.3. The Balaban J connectivity index is 1.76. The molecule has 8 heteroatoms. The maximum atomic E-state index is 12.6. The molecule has 0 radical (unpaired) electrons. The van der Waals surface area contributed by atoms with Gasteiger partial charge in [-0.15, -0.1) is 10.2 Å². The summed E-state index contributed by atoms with van der Waals surface area (Å²) in [6.45, 7) is 3.02. The molecule has 1 aliphatic rings. The fourth-order valence-corrected chi connectivity index (χ4v) is 3.95. The van der Waals surface area contributed by atoms with Crippen LogP contribution in [0, 0.1) is 12.8 Å². The zero-order chi connectivity index (χ0) is 18.0. The predicted molar refractivity (Wildman–Crippen MR) is 91.2 cm³/mol. The number of aliphatic carboxylic acids is 1. The Labute approximate surface area is 146 Å². The van der Waals surface area contributed by atoms with Crippen molar-refractivity contribution in [1.29, 1.82) is 0 Å². The van der Waals surface area contributed by atoms with E-state index in [1.807, 2.05) is 11.8 Å². The molecule has 0 aliphatic carbocycles. The number of piperidine rings is 1. The summed E-state index contributed by atoms with van der Waals surface area (Å²) in [5.41, 5.74) is 0.977. The number of sulfone groups is 1. The summed E-state index contributed by atoms with van der Waals surface area (Å²) in [5, 5.41) is 16.8. The van der Waals surface area contributed by atoms with Crippen LogP contribution >= 0.6 is 0 Å². The molecular weight excluding hydrogens is 342 g/mol. The lowest BCUT2D eigenvalue weighted by Gasteiger charge is -2.30. The smallest absolute Gasteiger partial charge is 0.306 e. The standard InChI is InChI=1S/C17H19N3O4S/c1-12-2-4-14(5-3-12)25(23,24)16-7-6-15(18-19-16)20-10-8-13(9-11-20)17(21)22/h2-7,13H,8-11H2,1H3,(H,21,22). The van der Waals surface area contributed by atoms with Crippen molar-refractivity contribution in [2.24, 2.45) is 5.92 Å². The Morgan fingerprint density at radius 1 is 1.08 bits per heavy atom. The van der Waals surface area contributed by atoms with E-state index in [1.54, 1.807) is 30.3 Å². The number of aromatic nitrogens is 2. The average Bonchev–Trinajstić information content (AvgIpc) is 2.62. The molecule has 0 atom stereocenters. The SMILES string of the molecule is Cc1ccc(S(=O)(=O)c2ccc(N3CCC(C(=O)O)CC3)nn2)cc1. The van der Waals surface area contributed by atoms with E-state index >= 15 is 0 Å². The predicted octanol–water partition coefficient (Wildman–Crippen LogP) is 1.92. The number of carboxylic acids is 1. The van der Waals surface area contributed by atoms with E-state index in [4.69, 9.17) is 5.11 Å². The van der Waals surface area contributed by atoms with Crippen LogP contribution in [0.25, 0.3) is 0 Å². The second kappa shape index (κ2) is 6.79. The average molecular weight is 361 g/mol. The van der Waals surface area contributed by atoms with Gasteiger partial charge in [-0.3, -0.25) is 4.79 Å². The molecule has 7 nitrogen and oxygen atoms in total. The largest absolute Gasteiger partial charge is 0.481 e. The molecule has 25 heavy (non-hydrogen) atoms. The third kappa shape index (κ3) is 3.63. The monoisotopic (exact) mass is 361 g/mol. The molecular formula is C17H19N3O4S. The molecule has 1 aliphatic heterocycles. The Kier molecular flexibility index (Phi) is 4.71. The Morgan fingerprint density at radius 2 is 1.72 bits per heavy atom. The van der Waals surface area contributed by atoms with Gasteiger partial charge in [0.1, 0.15) is 0 Å². The number of hydrogen-bond donors (Lipinski definition) is 1. The normalized spacial score (nSPS) is 16.0. The van der Waals surface area contributed by atoms with Crippen LogP contribution < -0.4 is 4.90 Å². The van der Waals surface area contributed by atoms with Crippen LogP contribution in [0.15, 0.2) is 46.3 Å². The molecule has 0 bridgehead atoms. The van der Waals surface area contributed by atoms with Crippen LogP contribution in [0.4, 0.5) is 5.82 Å². The third-order valence-corrected chi connectivity index (χ3v) is 6.06. The molecule has 3 rings (SSSR count). The highest BCUT2D eigenvalue weighted by molar-refractivity contribution is 7.91. The lowest BCUT2D eigenvalue weighted by molar-refractivity contribution is -0.142. The van der Waals surface area contributed by atoms with Gasteiger partial charge >= 0.3 is 5.97 Å². The molecule has 0 amide bonds. The van der Waals surface area contributed by atoms with Crippen LogP contribution in [0.1, 0.15) is 18.4 Å². The van der Waals surface area contributed by atoms with E-state index in [-0.39, 0.29) is 15.8 Å². The van der Waals surface area contributed by atoms with E-state index < -0.39 is 15.8 Å². The Hall–Kier alpha value is -2.48. The maximum Gasteiger partial charge on any atom is 0.306 e. The molecule has 2 heterocycles. The third-order valence-electron chi connectivity index (χ3n) is 4.40.